The van der Waals surface area contributed by atoms with Gasteiger partial charge in [0.25, 0.3) is 5.91 Å². The summed E-state index contributed by atoms with van der Waals surface area (Å²) in [4.78, 5) is 37.6. The number of hydrogen-bond acceptors (Lipinski definition) is 6. The van der Waals surface area contributed by atoms with Crippen molar-refractivity contribution in [3.63, 3.8) is 0 Å². The number of carboxylic acid groups (broad SMARTS) is 1. The smallest absolute Gasteiger partial charge is 0.308 e. The summed E-state index contributed by atoms with van der Waals surface area (Å²) in [5.74, 6) is -1.57. The highest BCUT2D eigenvalue weighted by Crippen LogP contribution is 2.38. The van der Waals surface area contributed by atoms with Crippen molar-refractivity contribution in [3.8, 4) is 17.2 Å². The van der Waals surface area contributed by atoms with Crippen LogP contribution < -0.4 is 19.5 Å². The third-order valence-electron chi connectivity index (χ3n) is 4.25. The summed E-state index contributed by atoms with van der Waals surface area (Å²) in [7, 11) is 4.33. The van der Waals surface area contributed by atoms with E-state index >= 15 is 0 Å². The van der Waals surface area contributed by atoms with Crippen LogP contribution in [0.5, 0.6) is 17.2 Å². The van der Waals surface area contributed by atoms with Crippen molar-refractivity contribution in [2.75, 3.05) is 34.4 Å². The first-order valence-corrected chi connectivity index (χ1v) is 8.82. The number of likely N-dealkylation sites (N-methyl/N-ethyl adjacent to an activating group) is 1. The predicted molar refractivity (Wildman–Crippen MR) is 102 cm³/mol. The van der Waals surface area contributed by atoms with Crippen molar-refractivity contribution in [3.05, 3.63) is 17.7 Å². The van der Waals surface area contributed by atoms with E-state index in [-0.39, 0.29) is 18.0 Å². The van der Waals surface area contributed by atoms with Crippen LogP contribution in [-0.2, 0) is 9.59 Å². The zero-order chi connectivity index (χ0) is 21.4. The maximum Gasteiger partial charge on any atom is 0.308 e. The zero-order valence-electron chi connectivity index (χ0n) is 17.1. The van der Waals surface area contributed by atoms with Gasteiger partial charge in [0, 0.05) is 18.7 Å². The molecule has 0 aliphatic rings. The van der Waals surface area contributed by atoms with E-state index in [4.69, 9.17) is 19.3 Å². The molecule has 1 rings (SSSR count). The molecule has 2 N–H and O–H groups in total. The molecule has 0 bridgehead atoms. The molecule has 0 fully saturated rings. The van der Waals surface area contributed by atoms with Crippen LogP contribution in [0.25, 0.3) is 0 Å². The van der Waals surface area contributed by atoms with Crippen LogP contribution in [0.2, 0.25) is 0 Å². The summed E-state index contributed by atoms with van der Waals surface area (Å²) in [6, 6.07) is 2.13. The van der Waals surface area contributed by atoms with Gasteiger partial charge in [-0.3, -0.25) is 14.4 Å². The molecule has 1 aromatic carbocycles. The highest BCUT2D eigenvalue weighted by molar-refractivity contribution is 5.98. The molecule has 0 radical (unpaired) electrons. The third kappa shape index (κ3) is 5.51. The molecule has 0 spiro atoms. The van der Waals surface area contributed by atoms with E-state index in [0.29, 0.717) is 23.8 Å². The lowest BCUT2D eigenvalue weighted by Gasteiger charge is -2.26. The maximum atomic E-state index is 12.6. The number of amides is 2. The standard InChI is InChI=1S/C19H28N2O7/c1-7-21(10-11(2)19(24)25)18(23)12(3)20-17(22)13-8-14(26-4)16(28-6)15(9-13)27-5/h8-9,11-12H,7,10H2,1-6H3,(H,20,22)(H,24,25)/t11-,12+/m1/s1. The van der Waals surface area contributed by atoms with E-state index in [2.05, 4.69) is 5.32 Å². The minimum absolute atomic E-state index is 0.0645. The molecule has 0 aliphatic carbocycles. The number of hydrogen-bond donors (Lipinski definition) is 2. The molecule has 0 saturated heterocycles. The van der Waals surface area contributed by atoms with Gasteiger partial charge in [0.15, 0.2) is 11.5 Å². The average molecular weight is 396 g/mol. The summed E-state index contributed by atoms with van der Waals surface area (Å²) in [6.45, 7) is 5.22. The molecule has 156 valence electrons. The highest BCUT2D eigenvalue weighted by Gasteiger charge is 2.25. The molecule has 0 heterocycles. The molecule has 0 unspecified atom stereocenters. The van der Waals surface area contributed by atoms with Crippen molar-refractivity contribution < 1.29 is 33.7 Å². The summed E-state index contributed by atoms with van der Waals surface area (Å²) in [5, 5.41) is 11.7. The Labute approximate surface area is 164 Å². The molecular weight excluding hydrogens is 368 g/mol. The number of nitrogens with zero attached hydrogens (tertiary/aromatic N) is 1. The van der Waals surface area contributed by atoms with Gasteiger partial charge in [-0.25, -0.2) is 0 Å². The molecule has 1 aromatic rings. The van der Waals surface area contributed by atoms with Crippen molar-refractivity contribution in [1.29, 1.82) is 0 Å². The number of carbonyl (C=O) groups excluding carboxylic acids is 2. The lowest BCUT2D eigenvalue weighted by molar-refractivity contribution is -0.143. The first-order valence-electron chi connectivity index (χ1n) is 8.82. The lowest BCUT2D eigenvalue weighted by Crippen LogP contribution is -2.48. The van der Waals surface area contributed by atoms with E-state index in [9.17, 15) is 14.4 Å². The Kier molecular flexibility index (Phi) is 8.56. The fourth-order valence-electron chi connectivity index (χ4n) is 2.61. The van der Waals surface area contributed by atoms with Gasteiger partial charge in [-0.05, 0) is 26.0 Å². The average Bonchev–Trinajstić information content (AvgIpc) is 2.69. The molecule has 9 heteroatoms. The summed E-state index contributed by atoms with van der Waals surface area (Å²) in [5.41, 5.74) is 0.233. The van der Waals surface area contributed by atoms with Crippen LogP contribution in [0.4, 0.5) is 0 Å². The topological polar surface area (TPSA) is 114 Å². The first-order chi connectivity index (χ1) is 13.2. The maximum absolute atomic E-state index is 12.6. The second kappa shape index (κ2) is 10.4. The van der Waals surface area contributed by atoms with E-state index in [0.717, 1.165) is 0 Å². The Morgan fingerprint density at radius 2 is 1.61 bits per heavy atom. The molecule has 9 nitrogen and oxygen atoms in total. The van der Waals surface area contributed by atoms with Crippen molar-refractivity contribution in [1.82, 2.24) is 10.2 Å². The van der Waals surface area contributed by atoms with Gasteiger partial charge < -0.3 is 29.5 Å². The zero-order valence-corrected chi connectivity index (χ0v) is 17.1. The number of carbonyl (C=O) groups is 3. The van der Waals surface area contributed by atoms with Crippen LogP contribution in [0, 0.1) is 5.92 Å². The van der Waals surface area contributed by atoms with Gasteiger partial charge in [0.2, 0.25) is 11.7 Å². The SMILES string of the molecule is CCN(C[C@@H](C)C(=O)O)C(=O)[C@H](C)NC(=O)c1cc(OC)c(OC)c(OC)c1. The Balaban J connectivity index is 2.96. The Hall–Kier alpha value is -2.97. The van der Waals surface area contributed by atoms with Gasteiger partial charge in [0.05, 0.1) is 27.2 Å². The Bertz CT molecular complexity index is 695. The van der Waals surface area contributed by atoms with Gasteiger partial charge in [-0.2, -0.15) is 0 Å². The second-order valence-electron chi connectivity index (χ2n) is 6.23. The van der Waals surface area contributed by atoms with Crippen LogP contribution in [0.3, 0.4) is 0 Å². The molecule has 0 aromatic heterocycles. The van der Waals surface area contributed by atoms with E-state index < -0.39 is 23.8 Å². The number of benzene rings is 1. The number of ether oxygens (including phenoxy) is 3. The van der Waals surface area contributed by atoms with E-state index in [1.54, 1.807) is 13.8 Å². The number of methoxy groups -OCH3 is 3. The van der Waals surface area contributed by atoms with Gasteiger partial charge in [-0.1, -0.05) is 6.92 Å². The van der Waals surface area contributed by atoms with Crippen molar-refractivity contribution in [2.45, 2.75) is 26.8 Å². The van der Waals surface area contributed by atoms with Gasteiger partial charge >= 0.3 is 5.97 Å². The van der Waals surface area contributed by atoms with E-state index in [1.165, 1.54) is 45.3 Å². The minimum atomic E-state index is -0.986. The molecule has 0 aliphatic heterocycles. The second-order valence-corrected chi connectivity index (χ2v) is 6.23. The predicted octanol–water partition coefficient (Wildman–Crippen LogP) is 1.40. The number of nitrogens with one attached hydrogen (secondary N) is 1. The quantitative estimate of drug-likeness (QED) is 0.614. The number of carboxylic acids is 1. The number of aliphatic carboxylic acids is 1. The van der Waals surface area contributed by atoms with Crippen molar-refractivity contribution >= 4 is 17.8 Å². The highest BCUT2D eigenvalue weighted by atomic mass is 16.5. The fraction of sp³-hybridized carbons (Fsp3) is 0.526. The van der Waals surface area contributed by atoms with Crippen LogP contribution in [-0.4, -0.2) is 68.3 Å². The largest absolute Gasteiger partial charge is 0.493 e. The Morgan fingerprint density at radius 1 is 1.07 bits per heavy atom. The summed E-state index contributed by atoms with van der Waals surface area (Å²) >= 11 is 0. The van der Waals surface area contributed by atoms with Crippen LogP contribution in [0.1, 0.15) is 31.1 Å². The van der Waals surface area contributed by atoms with Crippen LogP contribution >= 0.6 is 0 Å². The van der Waals surface area contributed by atoms with E-state index in [1.807, 2.05) is 0 Å². The van der Waals surface area contributed by atoms with Gasteiger partial charge in [-0.15, -0.1) is 0 Å². The summed E-state index contributed by atoms with van der Waals surface area (Å²) in [6.07, 6.45) is 0. The fourth-order valence-corrected chi connectivity index (χ4v) is 2.61. The molecule has 2 atom stereocenters. The molecule has 0 saturated carbocycles. The minimum Gasteiger partial charge on any atom is -0.493 e. The molecule has 2 amide bonds. The van der Waals surface area contributed by atoms with Crippen LogP contribution in [0.15, 0.2) is 12.1 Å². The normalized spacial score (nSPS) is 12.5. The third-order valence-corrected chi connectivity index (χ3v) is 4.25. The monoisotopic (exact) mass is 396 g/mol. The van der Waals surface area contributed by atoms with Gasteiger partial charge in [0.1, 0.15) is 6.04 Å². The summed E-state index contributed by atoms with van der Waals surface area (Å²) < 4.78 is 15.7. The Morgan fingerprint density at radius 3 is 2.00 bits per heavy atom. The van der Waals surface area contributed by atoms with Crippen molar-refractivity contribution in [2.24, 2.45) is 5.92 Å². The molecule has 28 heavy (non-hydrogen) atoms. The lowest BCUT2D eigenvalue weighted by atomic mass is 10.1. The first kappa shape index (κ1) is 23.1. The number of rotatable bonds is 10. The molecular formula is C19H28N2O7.